The maximum atomic E-state index is 14.3. The van der Waals surface area contributed by atoms with Crippen LogP contribution in [-0.4, -0.2) is 38.8 Å². The number of rotatable bonds is 5. The minimum atomic E-state index is -0.296. The van der Waals surface area contributed by atoms with Crippen molar-refractivity contribution in [1.82, 2.24) is 19.9 Å². The predicted molar refractivity (Wildman–Crippen MR) is 126 cm³/mol. The van der Waals surface area contributed by atoms with E-state index >= 15 is 0 Å². The molecule has 0 spiro atoms. The van der Waals surface area contributed by atoms with E-state index in [1.807, 2.05) is 23.1 Å². The van der Waals surface area contributed by atoms with Gasteiger partial charge in [0.2, 0.25) is 0 Å². The van der Waals surface area contributed by atoms with Crippen LogP contribution in [0.1, 0.15) is 34.8 Å². The number of carbonyl (C=O) groups excluding carboxylic acids is 1. The van der Waals surface area contributed by atoms with Crippen molar-refractivity contribution >= 4 is 5.91 Å². The number of hydrogen-bond acceptors (Lipinski definition) is 5. The standard InChI is InChI=1S/C27H23FN4O2/c28-23-11-2-1-10-22(23)25-13-4-12-24(31-25)20-8-5-16-32(18-20)26(33)19-7-3-9-21(17-19)34-27-29-14-6-15-30-27/h1-4,6-7,9-15,17,20H,5,8,16,18H2/t20-/m1/s1. The van der Waals surface area contributed by atoms with Crippen LogP contribution in [0.5, 0.6) is 11.8 Å². The summed E-state index contributed by atoms with van der Waals surface area (Å²) < 4.78 is 19.9. The van der Waals surface area contributed by atoms with E-state index in [1.165, 1.54) is 6.07 Å². The van der Waals surface area contributed by atoms with Gasteiger partial charge in [-0.05, 0) is 61.4 Å². The van der Waals surface area contributed by atoms with E-state index in [9.17, 15) is 9.18 Å². The van der Waals surface area contributed by atoms with Gasteiger partial charge in [0.25, 0.3) is 5.91 Å². The molecule has 0 unspecified atom stereocenters. The van der Waals surface area contributed by atoms with Crippen LogP contribution >= 0.6 is 0 Å². The smallest absolute Gasteiger partial charge is 0.321 e. The van der Waals surface area contributed by atoms with Crippen LogP contribution < -0.4 is 4.74 Å². The highest BCUT2D eigenvalue weighted by molar-refractivity contribution is 5.94. The van der Waals surface area contributed by atoms with Crippen molar-refractivity contribution in [2.45, 2.75) is 18.8 Å². The van der Waals surface area contributed by atoms with Gasteiger partial charge in [-0.1, -0.05) is 24.3 Å². The molecule has 5 rings (SSSR count). The van der Waals surface area contributed by atoms with E-state index in [0.717, 1.165) is 18.5 Å². The van der Waals surface area contributed by atoms with E-state index in [0.29, 0.717) is 35.7 Å². The van der Waals surface area contributed by atoms with Gasteiger partial charge in [-0.15, -0.1) is 0 Å². The Morgan fingerprint density at radius 3 is 2.65 bits per heavy atom. The van der Waals surface area contributed by atoms with Crippen molar-refractivity contribution in [3.05, 3.63) is 102 Å². The lowest BCUT2D eigenvalue weighted by Gasteiger charge is -2.32. The fourth-order valence-corrected chi connectivity index (χ4v) is 4.22. The second-order valence-electron chi connectivity index (χ2n) is 8.18. The number of hydrogen-bond donors (Lipinski definition) is 0. The first-order valence-electron chi connectivity index (χ1n) is 11.2. The first-order chi connectivity index (χ1) is 16.7. The van der Waals surface area contributed by atoms with Crippen molar-refractivity contribution in [2.24, 2.45) is 0 Å². The zero-order chi connectivity index (χ0) is 23.3. The average molecular weight is 455 g/mol. The first-order valence-corrected chi connectivity index (χ1v) is 11.2. The summed E-state index contributed by atoms with van der Waals surface area (Å²) in [5.74, 6) is 0.233. The molecule has 2 aromatic carbocycles. The van der Waals surface area contributed by atoms with Gasteiger partial charge >= 0.3 is 6.01 Å². The van der Waals surface area contributed by atoms with Gasteiger partial charge in [-0.2, -0.15) is 0 Å². The number of nitrogens with zero attached hydrogens (tertiary/aromatic N) is 4. The molecule has 0 radical (unpaired) electrons. The highest BCUT2D eigenvalue weighted by Crippen LogP contribution is 2.29. The third-order valence-electron chi connectivity index (χ3n) is 5.88. The Labute approximate surface area is 197 Å². The number of benzene rings is 2. The summed E-state index contributed by atoms with van der Waals surface area (Å²) in [6.07, 6.45) is 4.99. The van der Waals surface area contributed by atoms with Crippen LogP contribution in [0.2, 0.25) is 0 Å². The highest BCUT2D eigenvalue weighted by Gasteiger charge is 2.27. The van der Waals surface area contributed by atoms with Gasteiger partial charge in [-0.25, -0.2) is 14.4 Å². The second-order valence-corrected chi connectivity index (χ2v) is 8.18. The van der Waals surface area contributed by atoms with E-state index < -0.39 is 0 Å². The molecule has 0 bridgehead atoms. The minimum Gasteiger partial charge on any atom is -0.424 e. The number of aromatic nitrogens is 3. The van der Waals surface area contributed by atoms with Crippen molar-refractivity contribution in [1.29, 1.82) is 0 Å². The number of carbonyl (C=O) groups is 1. The summed E-state index contributed by atoms with van der Waals surface area (Å²) in [4.78, 5) is 28.0. The lowest BCUT2D eigenvalue weighted by molar-refractivity contribution is 0.0705. The quantitative estimate of drug-likeness (QED) is 0.399. The molecule has 0 N–H and O–H groups in total. The van der Waals surface area contributed by atoms with Gasteiger partial charge in [0, 0.05) is 48.2 Å². The second kappa shape index (κ2) is 9.79. The molecule has 7 heteroatoms. The molecular formula is C27H23FN4O2. The summed E-state index contributed by atoms with van der Waals surface area (Å²) in [7, 11) is 0. The van der Waals surface area contributed by atoms with Crippen LogP contribution in [0.3, 0.4) is 0 Å². The number of halogens is 1. The van der Waals surface area contributed by atoms with Crippen LogP contribution in [0, 0.1) is 5.82 Å². The number of ether oxygens (including phenoxy) is 1. The highest BCUT2D eigenvalue weighted by atomic mass is 19.1. The molecular weight excluding hydrogens is 431 g/mol. The molecule has 34 heavy (non-hydrogen) atoms. The Balaban J connectivity index is 1.32. The molecule has 2 aromatic heterocycles. The molecule has 1 amide bonds. The predicted octanol–water partition coefficient (Wildman–Crippen LogP) is 5.49. The van der Waals surface area contributed by atoms with E-state index in [4.69, 9.17) is 9.72 Å². The van der Waals surface area contributed by atoms with Crippen LogP contribution in [0.15, 0.2) is 85.2 Å². The van der Waals surface area contributed by atoms with Gasteiger partial charge in [-0.3, -0.25) is 9.78 Å². The lowest BCUT2D eigenvalue weighted by atomic mass is 9.93. The molecule has 0 aliphatic carbocycles. The Hall–Kier alpha value is -4.13. The number of pyridine rings is 1. The molecule has 4 aromatic rings. The summed E-state index contributed by atoms with van der Waals surface area (Å²) in [5, 5.41) is 0. The largest absolute Gasteiger partial charge is 0.424 e. The Kier molecular flexibility index (Phi) is 6.25. The zero-order valence-electron chi connectivity index (χ0n) is 18.5. The molecule has 3 heterocycles. The number of likely N-dealkylation sites (tertiary alicyclic amines) is 1. The van der Waals surface area contributed by atoms with Gasteiger partial charge in [0.1, 0.15) is 11.6 Å². The van der Waals surface area contributed by atoms with E-state index in [-0.39, 0.29) is 23.7 Å². The van der Waals surface area contributed by atoms with Crippen molar-refractivity contribution < 1.29 is 13.9 Å². The molecule has 1 saturated heterocycles. The third kappa shape index (κ3) is 4.78. The average Bonchev–Trinajstić information content (AvgIpc) is 2.89. The van der Waals surface area contributed by atoms with Gasteiger partial charge in [0.05, 0.1) is 5.69 Å². The summed E-state index contributed by atoms with van der Waals surface area (Å²) in [5.41, 5.74) is 2.50. The maximum absolute atomic E-state index is 14.3. The molecule has 1 fully saturated rings. The van der Waals surface area contributed by atoms with Crippen LogP contribution in [0.4, 0.5) is 4.39 Å². The molecule has 1 atom stereocenters. The fourth-order valence-electron chi connectivity index (χ4n) is 4.22. The zero-order valence-corrected chi connectivity index (χ0v) is 18.5. The van der Waals surface area contributed by atoms with Gasteiger partial charge < -0.3 is 9.64 Å². The van der Waals surface area contributed by atoms with Crippen molar-refractivity contribution in [2.75, 3.05) is 13.1 Å². The van der Waals surface area contributed by atoms with Crippen molar-refractivity contribution in [3.8, 4) is 23.0 Å². The third-order valence-corrected chi connectivity index (χ3v) is 5.88. The molecule has 0 saturated carbocycles. The molecule has 170 valence electrons. The molecule has 1 aliphatic heterocycles. The summed E-state index contributed by atoms with van der Waals surface area (Å²) in [6.45, 7) is 1.23. The SMILES string of the molecule is O=C(c1cccc(Oc2ncccn2)c1)N1CCC[C@@H](c2cccc(-c3ccccc3F)n2)C1. The molecule has 1 aliphatic rings. The summed E-state index contributed by atoms with van der Waals surface area (Å²) >= 11 is 0. The van der Waals surface area contributed by atoms with Crippen LogP contribution in [-0.2, 0) is 0 Å². The number of piperidine rings is 1. The van der Waals surface area contributed by atoms with Gasteiger partial charge in [0.15, 0.2) is 0 Å². The first kappa shape index (κ1) is 21.7. The Bertz CT molecular complexity index is 1300. The fraction of sp³-hybridized carbons (Fsp3) is 0.185. The topological polar surface area (TPSA) is 68.2 Å². The number of amides is 1. The van der Waals surface area contributed by atoms with E-state index in [2.05, 4.69) is 9.97 Å². The lowest BCUT2D eigenvalue weighted by Crippen LogP contribution is -2.39. The van der Waals surface area contributed by atoms with Crippen molar-refractivity contribution in [3.63, 3.8) is 0 Å². The Morgan fingerprint density at radius 2 is 1.79 bits per heavy atom. The monoisotopic (exact) mass is 454 g/mol. The van der Waals surface area contributed by atoms with Crippen LogP contribution in [0.25, 0.3) is 11.3 Å². The Morgan fingerprint density at radius 1 is 0.971 bits per heavy atom. The van der Waals surface area contributed by atoms with E-state index in [1.54, 1.807) is 60.9 Å². The minimum absolute atomic E-state index is 0.0608. The molecule has 6 nitrogen and oxygen atoms in total. The maximum Gasteiger partial charge on any atom is 0.321 e. The normalized spacial score (nSPS) is 15.7. The summed E-state index contributed by atoms with van der Waals surface area (Å²) in [6, 6.07) is 21.3.